The molecule has 1 aromatic heterocycles. The molecule has 0 bridgehead atoms. The van der Waals surface area contributed by atoms with Crippen molar-refractivity contribution < 1.29 is 19.0 Å². The maximum absolute atomic E-state index is 13.2. The zero-order valence-electron chi connectivity index (χ0n) is 20.4. The van der Waals surface area contributed by atoms with Gasteiger partial charge in [0.05, 0.1) is 7.11 Å². The second-order valence-electron chi connectivity index (χ2n) is 8.88. The molecule has 2 aromatic carbocycles. The average Bonchev–Trinajstić information content (AvgIpc) is 3.20. The van der Waals surface area contributed by atoms with Crippen LogP contribution in [0.1, 0.15) is 39.4 Å². The van der Waals surface area contributed by atoms with Crippen LogP contribution >= 0.6 is 0 Å². The minimum absolute atomic E-state index is 0.0126. The number of ether oxygens (including phenoxy) is 3. The van der Waals surface area contributed by atoms with E-state index in [9.17, 15) is 4.79 Å². The molecule has 5 rings (SSSR count). The summed E-state index contributed by atoms with van der Waals surface area (Å²) in [6.45, 7) is 7.03. The molecule has 1 saturated heterocycles. The highest BCUT2D eigenvalue weighted by Gasteiger charge is 2.25. The minimum Gasteiger partial charge on any atom is -0.497 e. The van der Waals surface area contributed by atoms with Crippen LogP contribution in [0.2, 0.25) is 0 Å². The highest BCUT2D eigenvalue weighted by Crippen LogP contribution is 2.33. The van der Waals surface area contributed by atoms with Crippen molar-refractivity contribution in [1.29, 1.82) is 0 Å². The van der Waals surface area contributed by atoms with Crippen LogP contribution in [0.25, 0.3) is 0 Å². The smallest absolute Gasteiger partial charge is 0.254 e. The monoisotopic (exact) mass is 474 g/mol. The summed E-state index contributed by atoms with van der Waals surface area (Å²) >= 11 is 0. The van der Waals surface area contributed by atoms with E-state index in [0.717, 1.165) is 48.0 Å². The van der Waals surface area contributed by atoms with Crippen molar-refractivity contribution in [3.05, 3.63) is 70.7 Å². The molecule has 0 radical (unpaired) electrons. The Kier molecular flexibility index (Phi) is 6.44. The number of methoxy groups -OCH3 is 1. The molecule has 3 heterocycles. The van der Waals surface area contributed by atoms with Crippen LogP contribution in [0.15, 0.2) is 42.5 Å². The SMILES string of the molecule is COc1ccc(Cc2c(C)nc(C)nc2N2CCCN(C(=O)c3ccc4c(c3)OCO4)CC2)cc1. The number of aryl methyl sites for hydroxylation is 2. The van der Waals surface area contributed by atoms with Crippen molar-refractivity contribution in [3.8, 4) is 17.2 Å². The summed E-state index contributed by atoms with van der Waals surface area (Å²) in [4.78, 5) is 27.0. The van der Waals surface area contributed by atoms with E-state index in [1.165, 1.54) is 5.56 Å². The van der Waals surface area contributed by atoms with E-state index in [1.807, 2.05) is 36.9 Å². The van der Waals surface area contributed by atoms with Crippen molar-refractivity contribution in [3.63, 3.8) is 0 Å². The number of hydrogen-bond acceptors (Lipinski definition) is 7. The molecule has 2 aliphatic heterocycles. The van der Waals surface area contributed by atoms with Gasteiger partial charge in [-0.1, -0.05) is 12.1 Å². The number of amides is 1. The normalized spacial score (nSPS) is 15.2. The van der Waals surface area contributed by atoms with Crippen LogP contribution in [0.5, 0.6) is 17.2 Å². The molecule has 0 aliphatic carbocycles. The summed E-state index contributed by atoms with van der Waals surface area (Å²) < 4.78 is 16.1. The predicted octanol–water partition coefficient (Wildman–Crippen LogP) is 3.77. The van der Waals surface area contributed by atoms with E-state index in [-0.39, 0.29) is 12.7 Å². The highest BCUT2D eigenvalue weighted by atomic mass is 16.7. The fraction of sp³-hybridized carbons (Fsp3) is 0.370. The van der Waals surface area contributed by atoms with Crippen molar-refractivity contribution in [1.82, 2.24) is 14.9 Å². The maximum atomic E-state index is 13.2. The summed E-state index contributed by atoms with van der Waals surface area (Å²) in [6, 6.07) is 13.5. The molecule has 3 aromatic rings. The predicted molar refractivity (Wildman–Crippen MR) is 133 cm³/mol. The van der Waals surface area contributed by atoms with Crippen molar-refractivity contribution in [2.75, 3.05) is 45.0 Å². The molecule has 35 heavy (non-hydrogen) atoms. The van der Waals surface area contributed by atoms with Gasteiger partial charge in [0.25, 0.3) is 5.91 Å². The zero-order chi connectivity index (χ0) is 24.4. The number of carbonyl (C=O) groups excluding carboxylic acids is 1. The number of aromatic nitrogens is 2. The summed E-state index contributed by atoms with van der Waals surface area (Å²) in [7, 11) is 1.67. The first-order valence-corrected chi connectivity index (χ1v) is 11.9. The molecule has 8 nitrogen and oxygen atoms in total. The fourth-order valence-corrected chi connectivity index (χ4v) is 4.68. The van der Waals surface area contributed by atoms with Crippen LogP contribution in [0.4, 0.5) is 5.82 Å². The molecule has 0 N–H and O–H groups in total. The van der Waals surface area contributed by atoms with Gasteiger partial charge >= 0.3 is 0 Å². The lowest BCUT2D eigenvalue weighted by molar-refractivity contribution is 0.0766. The molecule has 8 heteroatoms. The molecular formula is C27H30N4O4. The summed E-state index contributed by atoms with van der Waals surface area (Å²) in [5.41, 5.74) is 3.91. The summed E-state index contributed by atoms with van der Waals surface area (Å²) in [5, 5.41) is 0. The van der Waals surface area contributed by atoms with Gasteiger partial charge in [-0.3, -0.25) is 4.79 Å². The second-order valence-corrected chi connectivity index (χ2v) is 8.88. The van der Waals surface area contributed by atoms with E-state index >= 15 is 0 Å². The average molecular weight is 475 g/mol. The van der Waals surface area contributed by atoms with E-state index in [1.54, 1.807) is 19.2 Å². The number of fused-ring (bicyclic) bond motifs is 1. The molecule has 1 amide bonds. The Morgan fingerprint density at radius 2 is 1.77 bits per heavy atom. The van der Waals surface area contributed by atoms with Crippen molar-refractivity contribution in [2.24, 2.45) is 0 Å². The summed E-state index contributed by atoms with van der Waals surface area (Å²) in [5.74, 6) is 3.88. The Bertz CT molecular complexity index is 1230. The van der Waals surface area contributed by atoms with Gasteiger partial charge in [0.2, 0.25) is 6.79 Å². The third kappa shape index (κ3) is 4.87. The van der Waals surface area contributed by atoms with Crippen LogP contribution in [0, 0.1) is 13.8 Å². The number of rotatable bonds is 5. The summed E-state index contributed by atoms with van der Waals surface area (Å²) in [6.07, 6.45) is 1.60. The Hall–Kier alpha value is -3.81. The van der Waals surface area contributed by atoms with E-state index in [4.69, 9.17) is 19.2 Å². The number of hydrogen-bond donors (Lipinski definition) is 0. The van der Waals surface area contributed by atoms with Gasteiger partial charge in [0, 0.05) is 49.4 Å². The molecule has 182 valence electrons. The first kappa shape index (κ1) is 23.0. The third-order valence-electron chi connectivity index (χ3n) is 6.55. The lowest BCUT2D eigenvalue weighted by Gasteiger charge is -2.26. The lowest BCUT2D eigenvalue weighted by Crippen LogP contribution is -2.35. The molecule has 2 aliphatic rings. The maximum Gasteiger partial charge on any atom is 0.254 e. The van der Waals surface area contributed by atoms with Crippen LogP contribution < -0.4 is 19.1 Å². The molecule has 0 atom stereocenters. The van der Waals surface area contributed by atoms with Gasteiger partial charge in [0.15, 0.2) is 11.5 Å². The first-order chi connectivity index (χ1) is 17.0. The topological polar surface area (TPSA) is 77.0 Å². The lowest BCUT2D eigenvalue weighted by atomic mass is 10.0. The highest BCUT2D eigenvalue weighted by molar-refractivity contribution is 5.95. The Balaban J connectivity index is 1.34. The van der Waals surface area contributed by atoms with E-state index < -0.39 is 0 Å². The largest absolute Gasteiger partial charge is 0.497 e. The Labute approximate surface area is 205 Å². The fourth-order valence-electron chi connectivity index (χ4n) is 4.68. The van der Waals surface area contributed by atoms with E-state index in [0.29, 0.717) is 36.7 Å². The van der Waals surface area contributed by atoms with Gasteiger partial charge in [-0.2, -0.15) is 0 Å². The van der Waals surface area contributed by atoms with E-state index in [2.05, 4.69) is 22.0 Å². The molecule has 0 unspecified atom stereocenters. The Morgan fingerprint density at radius 1 is 0.971 bits per heavy atom. The minimum atomic E-state index is 0.0126. The molecule has 0 spiro atoms. The number of nitrogens with zero attached hydrogens (tertiary/aromatic N) is 4. The molecular weight excluding hydrogens is 444 g/mol. The van der Waals surface area contributed by atoms with Gasteiger partial charge in [-0.25, -0.2) is 9.97 Å². The number of carbonyl (C=O) groups is 1. The molecule has 0 saturated carbocycles. The van der Waals surface area contributed by atoms with Crippen molar-refractivity contribution in [2.45, 2.75) is 26.7 Å². The Morgan fingerprint density at radius 3 is 2.57 bits per heavy atom. The third-order valence-corrected chi connectivity index (χ3v) is 6.55. The van der Waals surface area contributed by atoms with Crippen LogP contribution in [0.3, 0.4) is 0 Å². The quantitative estimate of drug-likeness (QED) is 0.557. The van der Waals surface area contributed by atoms with Gasteiger partial charge in [-0.15, -0.1) is 0 Å². The number of anilines is 1. The van der Waals surface area contributed by atoms with Gasteiger partial charge < -0.3 is 24.0 Å². The zero-order valence-corrected chi connectivity index (χ0v) is 20.4. The number of benzene rings is 2. The van der Waals surface area contributed by atoms with Crippen LogP contribution in [-0.2, 0) is 6.42 Å². The first-order valence-electron chi connectivity index (χ1n) is 11.9. The molecule has 1 fully saturated rings. The van der Waals surface area contributed by atoms with Gasteiger partial charge in [0.1, 0.15) is 17.4 Å². The van der Waals surface area contributed by atoms with Crippen LogP contribution in [-0.4, -0.2) is 60.9 Å². The van der Waals surface area contributed by atoms with Crippen molar-refractivity contribution >= 4 is 11.7 Å². The van der Waals surface area contributed by atoms with Gasteiger partial charge in [-0.05, 0) is 56.2 Å². The second kappa shape index (κ2) is 9.82. The standard InChI is InChI=1S/C27H30N4O4/c1-18-23(15-20-5-8-22(33-3)9-6-20)26(29-19(2)28-18)30-11-4-12-31(14-13-30)27(32)21-7-10-24-25(16-21)35-17-34-24/h5-10,16H,4,11-15,17H2,1-3H3.